The second-order valence-electron chi connectivity index (χ2n) is 5.94. The molecule has 0 aliphatic rings. The van der Waals surface area contributed by atoms with Gasteiger partial charge in [0.15, 0.2) is 0 Å². The molecule has 13 heteroatoms. The van der Waals surface area contributed by atoms with Crippen LogP contribution in [-0.4, -0.2) is 24.1 Å². The average molecular weight is 681 g/mol. The molecule has 0 aromatic heterocycles. The van der Waals surface area contributed by atoms with E-state index in [1.54, 1.807) is 32.4 Å². The highest BCUT2D eigenvalue weighted by molar-refractivity contribution is 9.05. The van der Waals surface area contributed by atoms with Crippen LogP contribution in [0.15, 0.2) is 60.7 Å². The highest BCUT2D eigenvalue weighted by Crippen LogP contribution is 2.30. The molecule has 1 atom stereocenters. The van der Waals surface area contributed by atoms with Gasteiger partial charge >= 0.3 is 0 Å². The van der Waals surface area contributed by atoms with E-state index in [1.165, 1.54) is 4.90 Å². The standard InChI is InChI=1S/C16H17NO2S4.3C2H6.CH3S6/c1-16(23(20,21)22,19-14-11-7-4-8-12-14)15(18)17(2)13-9-5-3-6-10-13;3*1-2;1-7(4,5)6(2)3/h3-12H,1-2H3,(H,20,21,22);3*1-2H3;1H3/q;;;;-1. The van der Waals surface area contributed by atoms with Crippen molar-refractivity contribution in [1.29, 1.82) is 0 Å². The molecule has 0 aliphatic heterocycles. The number of amides is 1. The van der Waals surface area contributed by atoms with Crippen LogP contribution in [0.3, 0.4) is 0 Å². The van der Waals surface area contributed by atoms with Crippen molar-refractivity contribution in [3.63, 3.8) is 0 Å². The van der Waals surface area contributed by atoms with Crippen molar-refractivity contribution in [2.45, 2.75) is 53.4 Å². The predicted molar refractivity (Wildman–Crippen MR) is 191 cm³/mol. The van der Waals surface area contributed by atoms with Gasteiger partial charge in [0.1, 0.15) is 5.75 Å². The number of hydrogen-bond donors (Lipinski definition) is 1. The van der Waals surface area contributed by atoms with E-state index in [0.29, 0.717) is 5.75 Å². The first-order valence-electron chi connectivity index (χ1n) is 11.0. The number of carbonyl (C=O) groups is 1. The molecule has 0 N–H and O–H groups in total. The Morgan fingerprint density at radius 3 is 1.50 bits per heavy atom. The van der Waals surface area contributed by atoms with Crippen molar-refractivity contribution in [2.75, 3.05) is 18.2 Å². The Morgan fingerprint density at radius 1 is 0.861 bits per heavy atom. The number of benzene rings is 2. The highest BCUT2D eigenvalue weighted by atomic mass is 33.7. The molecule has 36 heavy (non-hydrogen) atoms. The van der Waals surface area contributed by atoms with Gasteiger partial charge in [-0.2, -0.15) is 6.18 Å². The molecule has 2 rings (SSSR count). The molecule has 1 unspecified atom stereocenters. The number of nitrogens with zero attached hydrogens (tertiary/aromatic N) is 1. The van der Waals surface area contributed by atoms with Crippen LogP contribution in [0.2, 0.25) is 0 Å². The van der Waals surface area contributed by atoms with Crippen LogP contribution in [0.5, 0.6) is 5.75 Å². The Bertz CT molecular complexity index is 1140. The van der Waals surface area contributed by atoms with Gasteiger partial charge in [-0.05, 0) is 59.8 Å². The maximum Gasteiger partial charge on any atom is 0.282 e. The number of carbonyl (C=O) groups excluding carboxylic acids is 1. The highest BCUT2D eigenvalue weighted by Gasteiger charge is 2.44. The van der Waals surface area contributed by atoms with Crippen LogP contribution in [0.1, 0.15) is 48.5 Å². The van der Waals surface area contributed by atoms with Crippen LogP contribution in [0.25, 0.3) is 0 Å². The van der Waals surface area contributed by atoms with Crippen molar-refractivity contribution in [2.24, 2.45) is 0 Å². The summed E-state index contributed by atoms with van der Waals surface area (Å²) >= 11 is 34.1. The molecule has 0 spiro atoms. The summed E-state index contributed by atoms with van der Waals surface area (Å²) in [5, 5.41) is 0. The van der Waals surface area contributed by atoms with E-state index >= 15 is 0 Å². The van der Waals surface area contributed by atoms with Gasteiger partial charge in [0.2, 0.25) is 4.93 Å². The van der Waals surface area contributed by atoms with E-state index in [4.69, 9.17) is 49.5 Å². The van der Waals surface area contributed by atoms with E-state index in [2.05, 4.69) is 34.0 Å². The SMILES string of the molecule is CC.CC.CC.CN(C(=O)C(C)(Oc1ccccc1)S(=S)(=S)S)c1ccccc1.CS(=S)(=S)[S-](=S)=S. The zero-order chi connectivity index (χ0) is 29.2. The number of para-hydroxylation sites is 2. The fourth-order valence-electron chi connectivity index (χ4n) is 1.99. The summed E-state index contributed by atoms with van der Waals surface area (Å²) in [7, 11) is 1.12. The molecule has 0 saturated carbocycles. The van der Waals surface area contributed by atoms with Gasteiger partial charge in [0.05, 0.1) is 0 Å². The quantitative estimate of drug-likeness (QED) is 0.208. The molecule has 3 nitrogen and oxygen atoms in total. The van der Waals surface area contributed by atoms with Crippen LogP contribution >= 0.6 is 11.7 Å². The molecule has 0 radical (unpaired) electrons. The fourth-order valence-corrected chi connectivity index (χ4v) is 3.53. The lowest BCUT2D eigenvalue weighted by Crippen LogP contribution is -2.53. The third-order valence-corrected chi connectivity index (χ3v) is 20.3. The van der Waals surface area contributed by atoms with Gasteiger partial charge in [-0.25, -0.2) is 22.4 Å². The zero-order valence-corrected chi connectivity index (χ0v) is 30.4. The van der Waals surface area contributed by atoms with Crippen molar-refractivity contribution in [3.8, 4) is 5.75 Å². The van der Waals surface area contributed by atoms with Crippen LogP contribution in [-0.2, 0) is 91.3 Å². The monoisotopic (exact) mass is 680 g/mol. The average Bonchev–Trinajstić information content (AvgIpc) is 2.87. The Hall–Kier alpha value is 0.430. The minimum Gasteiger partial charge on any atom is -0.466 e. The summed E-state index contributed by atoms with van der Waals surface area (Å²) < 4.78 is 5.93. The first-order valence-corrected chi connectivity index (χ1v) is 23.1. The summed E-state index contributed by atoms with van der Waals surface area (Å²) in [5.74, 6) is 0.216. The Labute approximate surface area is 254 Å². The first kappa shape index (κ1) is 40.9. The van der Waals surface area contributed by atoms with Gasteiger partial charge < -0.3 is 9.64 Å². The van der Waals surface area contributed by atoms with Crippen molar-refractivity contribution in [1.82, 2.24) is 0 Å². The van der Waals surface area contributed by atoms with Crippen LogP contribution in [0.4, 0.5) is 5.69 Å². The maximum absolute atomic E-state index is 13.1. The molecule has 2 aromatic rings. The molecular formula is C23H38NO2S10-. The van der Waals surface area contributed by atoms with E-state index in [0.717, 1.165) is 5.69 Å². The van der Waals surface area contributed by atoms with Gasteiger partial charge in [0, 0.05) is 18.9 Å². The first-order chi connectivity index (χ1) is 16.7. The Balaban J connectivity index is -0.000000707. The fraction of sp³-hybridized carbons (Fsp3) is 0.435. The third-order valence-electron chi connectivity index (χ3n) is 3.63. The molecule has 1 amide bonds. The molecule has 0 heterocycles. The summed E-state index contributed by atoms with van der Waals surface area (Å²) in [6.45, 7) is 13.6. The Kier molecular flexibility index (Phi) is 24.2. The molecule has 208 valence electrons. The molecule has 0 saturated heterocycles. The summed E-state index contributed by atoms with van der Waals surface area (Å²) in [5.41, 5.74) is 0.738. The van der Waals surface area contributed by atoms with E-state index in [9.17, 15) is 4.79 Å². The van der Waals surface area contributed by atoms with Crippen molar-refractivity contribution in [3.05, 3.63) is 60.7 Å². The van der Waals surface area contributed by atoms with Gasteiger partial charge in [-0.3, -0.25) is 11.8 Å². The summed E-state index contributed by atoms with van der Waals surface area (Å²) in [4.78, 5) is 13.1. The van der Waals surface area contributed by atoms with Gasteiger partial charge in [0.25, 0.3) is 5.91 Å². The predicted octanol–water partition coefficient (Wildman–Crippen LogP) is 6.60. The topological polar surface area (TPSA) is 29.5 Å². The molecule has 2 aromatic carbocycles. The second-order valence-corrected chi connectivity index (χ2v) is 29.0. The molecular weight excluding hydrogens is 643 g/mol. The van der Waals surface area contributed by atoms with Crippen molar-refractivity contribution >= 4 is 110 Å². The largest absolute Gasteiger partial charge is 0.466 e. The molecule has 0 aliphatic carbocycles. The number of likely N-dealkylation sites (N-methyl/N-ethyl adjacent to an activating group) is 1. The third kappa shape index (κ3) is 15.1. The second kappa shape index (κ2) is 21.3. The minimum absolute atomic E-state index is 0.317. The number of hydrogen-bond acceptors (Lipinski definition) is 9. The molecule has 0 bridgehead atoms. The summed E-state index contributed by atoms with van der Waals surface area (Å²) in [6, 6.07) is 18.3. The van der Waals surface area contributed by atoms with E-state index in [-0.39, 0.29) is 5.91 Å². The van der Waals surface area contributed by atoms with Crippen molar-refractivity contribution < 1.29 is 9.53 Å². The van der Waals surface area contributed by atoms with Crippen LogP contribution in [0, 0.1) is 0 Å². The lowest BCUT2D eigenvalue weighted by atomic mass is 10.2. The van der Waals surface area contributed by atoms with E-state index in [1.807, 2.05) is 90.1 Å². The smallest absolute Gasteiger partial charge is 0.282 e. The number of ether oxygens (including phenoxy) is 1. The van der Waals surface area contributed by atoms with Gasteiger partial charge in [-0.1, -0.05) is 112 Å². The summed E-state index contributed by atoms with van der Waals surface area (Å²) in [6.07, 6.45) is -2.11. The maximum atomic E-state index is 13.1. The Morgan fingerprint density at radius 2 is 1.19 bits per heavy atom. The number of thiol groups is 1. The normalized spacial score (nSPS) is 11.8. The lowest BCUT2D eigenvalue weighted by molar-refractivity contribution is -0.126. The minimum atomic E-state index is -2.47. The van der Waals surface area contributed by atoms with E-state index < -0.39 is 24.3 Å². The number of anilines is 1. The molecule has 0 fully saturated rings. The zero-order valence-electron chi connectivity index (χ0n) is 22.2. The van der Waals surface area contributed by atoms with Gasteiger partial charge in [-0.15, -0.1) is 0 Å². The van der Waals surface area contributed by atoms with Crippen LogP contribution < -0.4 is 9.64 Å². The number of rotatable bonds is 6. The lowest BCUT2D eigenvalue weighted by Gasteiger charge is -2.34.